The van der Waals surface area contributed by atoms with Gasteiger partial charge in [0.05, 0.1) is 11.1 Å². The summed E-state index contributed by atoms with van der Waals surface area (Å²) in [6, 6.07) is 10.9. The van der Waals surface area contributed by atoms with E-state index in [1.165, 1.54) is 42.5 Å². The quantitative estimate of drug-likeness (QED) is 0.389. The van der Waals surface area contributed by atoms with Gasteiger partial charge in [0, 0.05) is 5.56 Å². The highest BCUT2D eigenvalue weighted by Gasteiger charge is 2.13. The van der Waals surface area contributed by atoms with Gasteiger partial charge in [-0.25, -0.2) is 14.0 Å². The molecule has 22 heavy (non-hydrogen) atoms. The van der Waals surface area contributed by atoms with Crippen molar-refractivity contribution in [3.8, 4) is 0 Å². The molecule has 0 aliphatic rings. The van der Waals surface area contributed by atoms with Gasteiger partial charge >= 0.3 is 11.9 Å². The van der Waals surface area contributed by atoms with E-state index in [0.717, 1.165) is 6.07 Å². The van der Waals surface area contributed by atoms with Gasteiger partial charge in [-0.2, -0.15) is 0 Å². The maximum Gasteiger partial charge on any atom is 0.368 e. The van der Waals surface area contributed by atoms with Crippen LogP contribution in [-0.4, -0.2) is 22.9 Å². The maximum absolute atomic E-state index is 13.4. The molecule has 0 fully saturated rings. The van der Waals surface area contributed by atoms with Crippen LogP contribution in [0.4, 0.5) is 4.39 Å². The predicted octanol–water partition coefficient (Wildman–Crippen LogP) is 2.00. The Morgan fingerprint density at radius 3 is 2.45 bits per heavy atom. The topological polar surface area (TPSA) is 102 Å². The van der Waals surface area contributed by atoms with E-state index in [4.69, 9.17) is 10.8 Å². The molecule has 0 aliphatic heterocycles. The van der Waals surface area contributed by atoms with Crippen LogP contribution in [0.5, 0.6) is 0 Å². The number of nitrogens with two attached hydrogens (primary N) is 1. The first-order chi connectivity index (χ1) is 10.5. The number of rotatable bonds is 4. The van der Waals surface area contributed by atoms with E-state index in [2.05, 4.69) is 9.99 Å². The highest BCUT2D eigenvalue weighted by atomic mass is 19.1. The molecule has 0 bridgehead atoms. The van der Waals surface area contributed by atoms with Gasteiger partial charge in [0.1, 0.15) is 5.82 Å². The molecule has 0 heterocycles. The first-order valence-corrected chi connectivity index (χ1v) is 6.12. The summed E-state index contributed by atoms with van der Waals surface area (Å²) >= 11 is 0. The van der Waals surface area contributed by atoms with Crippen LogP contribution in [0.2, 0.25) is 0 Å². The Labute approximate surface area is 124 Å². The van der Waals surface area contributed by atoms with Crippen LogP contribution >= 0.6 is 0 Å². The number of amidine groups is 1. The molecule has 7 heteroatoms. The predicted molar refractivity (Wildman–Crippen MR) is 75.9 cm³/mol. The smallest absolute Gasteiger partial charge is 0.368 e. The number of carbonyl (C=O) groups is 2. The van der Waals surface area contributed by atoms with Crippen molar-refractivity contribution in [3.05, 3.63) is 71.0 Å². The molecule has 0 saturated heterocycles. The molecular formula is C15H11FN2O4. The molecule has 2 aromatic carbocycles. The van der Waals surface area contributed by atoms with E-state index in [9.17, 15) is 14.0 Å². The van der Waals surface area contributed by atoms with E-state index in [-0.39, 0.29) is 22.5 Å². The highest BCUT2D eigenvalue weighted by molar-refractivity contribution is 6.00. The van der Waals surface area contributed by atoms with Crippen molar-refractivity contribution >= 4 is 17.8 Å². The van der Waals surface area contributed by atoms with Crippen molar-refractivity contribution < 1.29 is 23.9 Å². The van der Waals surface area contributed by atoms with Crippen molar-refractivity contribution in [2.45, 2.75) is 0 Å². The van der Waals surface area contributed by atoms with Gasteiger partial charge in [-0.15, -0.1) is 0 Å². The van der Waals surface area contributed by atoms with Crippen LogP contribution in [0.25, 0.3) is 0 Å². The monoisotopic (exact) mass is 302 g/mol. The summed E-state index contributed by atoms with van der Waals surface area (Å²) in [4.78, 5) is 27.1. The zero-order chi connectivity index (χ0) is 16.1. The summed E-state index contributed by atoms with van der Waals surface area (Å²) in [5.41, 5.74) is 5.61. The number of benzene rings is 2. The minimum absolute atomic E-state index is 0.0103. The van der Waals surface area contributed by atoms with Crippen molar-refractivity contribution in [1.82, 2.24) is 0 Å². The van der Waals surface area contributed by atoms with Crippen LogP contribution in [0.15, 0.2) is 53.7 Å². The Balaban J connectivity index is 2.16. The van der Waals surface area contributed by atoms with Crippen LogP contribution in [0, 0.1) is 5.82 Å². The second-order valence-corrected chi connectivity index (χ2v) is 4.22. The SMILES string of the molecule is N/C(=N\OC(=O)c1ccccc1F)c1cccc(C(=O)O)c1. The first kappa shape index (κ1) is 15.2. The number of hydrogen-bond donors (Lipinski definition) is 2. The lowest BCUT2D eigenvalue weighted by molar-refractivity contribution is 0.0510. The third-order valence-corrected chi connectivity index (χ3v) is 2.73. The van der Waals surface area contributed by atoms with Crippen molar-refractivity contribution in [3.63, 3.8) is 0 Å². The number of nitrogens with zero attached hydrogens (tertiary/aromatic N) is 1. The van der Waals surface area contributed by atoms with Crippen LogP contribution in [-0.2, 0) is 4.84 Å². The summed E-state index contributed by atoms with van der Waals surface area (Å²) in [5, 5.41) is 12.3. The summed E-state index contributed by atoms with van der Waals surface area (Å²) in [5.74, 6) is -3.07. The lowest BCUT2D eigenvalue weighted by Crippen LogP contribution is -2.16. The number of carboxylic acids is 1. The Morgan fingerprint density at radius 2 is 1.77 bits per heavy atom. The van der Waals surface area contributed by atoms with E-state index in [1.807, 2.05) is 0 Å². The molecule has 6 nitrogen and oxygen atoms in total. The zero-order valence-corrected chi connectivity index (χ0v) is 11.2. The van der Waals surface area contributed by atoms with Gasteiger partial charge < -0.3 is 15.7 Å². The lowest BCUT2D eigenvalue weighted by atomic mass is 10.1. The average molecular weight is 302 g/mol. The van der Waals surface area contributed by atoms with E-state index >= 15 is 0 Å². The molecule has 0 unspecified atom stereocenters. The summed E-state index contributed by atoms with van der Waals surface area (Å²) < 4.78 is 13.4. The first-order valence-electron chi connectivity index (χ1n) is 6.12. The second-order valence-electron chi connectivity index (χ2n) is 4.22. The standard InChI is InChI=1S/C15H11FN2O4/c16-12-7-2-1-6-11(12)15(21)22-18-13(17)9-4-3-5-10(8-9)14(19)20/h1-8H,(H2,17,18)(H,19,20). The molecule has 0 aliphatic carbocycles. The molecule has 0 aromatic heterocycles. The second kappa shape index (κ2) is 6.49. The molecule has 2 aromatic rings. The highest BCUT2D eigenvalue weighted by Crippen LogP contribution is 2.09. The molecule has 3 N–H and O–H groups in total. The lowest BCUT2D eigenvalue weighted by Gasteiger charge is -2.03. The van der Waals surface area contributed by atoms with Crippen LogP contribution < -0.4 is 5.73 Å². The Bertz CT molecular complexity index is 759. The van der Waals surface area contributed by atoms with Gasteiger partial charge in [0.2, 0.25) is 0 Å². The fourth-order valence-corrected chi connectivity index (χ4v) is 1.63. The Morgan fingerprint density at radius 1 is 1.09 bits per heavy atom. The normalized spacial score (nSPS) is 11.0. The number of aromatic carboxylic acids is 1. The number of carboxylic acid groups (broad SMARTS) is 1. The average Bonchev–Trinajstić information content (AvgIpc) is 2.52. The minimum atomic E-state index is -1.13. The summed E-state index contributed by atoms with van der Waals surface area (Å²) in [7, 11) is 0. The molecule has 2 rings (SSSR count). The maximum atomic E-state index is 13.4. The fourth-order valence-electron chi connectivity index (χ4n) is 1.63. The van der Waals surface area contributed by atoms with E-state index in [1.54, 1.807) is 0 Å². The molecule has 0 spiro atoms. The Hall–Kier alpha value is -3.22. The molecular weight excluding hydrogens is 291 g/mol. The molecule has 0 amide bonds. The molecule has 0 atom stereocenters. The summed E-state index contributed by atoms with van der Waals surface area (Å²) in [6.45, 7) is 0. The number of hydrogen-bond acceptors (Lipinski definition) is 4. The van der Waals surface area contributed by atoms with E-state index in [0.29, 0.717) is 0 Å². The third-order valence-electron chi connectivity index (χ3n) is 2.73. The number of halogens is 1. The van der Waals surface area contributed by atoms with Gasteiger partial charge in [-0.3, -0.25) is 0 Å². The molecule has 0 radical (unpaired) electrons. The van der Waals surface area contributed by atoms with E-state index < -0.39 is 17.8 Å². The van der Waals surface area contributed by atoms with Crippen LogP contribution in [0.3, 0.4) is 0 Å². The molecule has 0 saturated carbocycles. The summed E-state index contributed by atoms with van der Waals surface area (Å²) in [6.07, 6.45) is 0. The van der Waals surface area contributed by atoms with Gasteiger partial charge in [-0.05, 0) is 24.3 Å². The third kappa shape index (κ3) is 3.45. The zero-order valence-electron chi connectivity index (χ0n) is 11.2. The van der Waals surface area contributed by atoms with Gasteiger partial charge in [0.15, 0.2) is 5.84 Å². The van der Waals surface area contributed by atoms with Crippen molar-refractivity contribution in [2.24, 2.45) is 10.9 Å². The number of oxime groups is 1. The van der Waals surface area contributed by atoms with Gasteiger partial charge in [0.25, 0.3) is 0 Å². The largest absolute Gasteiger partial charge is 0.478 e. The van der Waals surface area contributed by atoms with Crippen molar-refractivity contribution in [1.29, 1.82) is 0 Å². The fraction of sp³-hybridized carbons (Fsp3) is 0. The minimum Gasteiger partial charge on any atom is -0.478 e. The Kier molecular flexibility index (Phi) is 4.47. The molecule has 112 valence electrons. The number of carbonyl (C=O) groups excluding carboxylic acids is 1. The van der Waals surface area contributed by atoms with Crippen molar-refractivity contribution in [2.75, 3.05) is 0 Å². The van der Waals surface area contributed by atoms with Gasteiger partial charge in [-0.1, -0.05) is 29.4 Å². The van der Waals surface area contributed by atoms with Crippen LogP contribution in [0.1, 0.15) is 26.3 Å².